The maximum Gasteiger partial charge on any atom is 0.378 e. The maximum absolute atomic E-state index is 11.2. The fraction of sp³-hybridized carbons (Fsp3) is 0.200. The number of hydrogen-bond donors (Lipinski definition) is 0. The fourth-order valence-electron chi connectivity index (χ4n) is 1.25. The summed E-state index contributed by atoms with van der Waals surface area (Å²) in [6, 6.07) is 8.66. The predicted molar refractivity (Wildman–Crippen MR) is 51.7 cm³/mol. The van der Waals surface area contributed by atoms with Crippen LogP contribution >= 0.6 is 0 Å². The van der Waals surface area contributed by atoms with Gasteiger partial charge in [0.15, 0.2) is 0 Å². The van der Waals surface area contributed by atoms with Crippen LogP contribution in [0.1, 0.15) is 18.4 Å². The summed E-state index contributed by atoms with van der Waals surface area (Å²) in [6.07, 6.45) is 0. The number of carbonyl (C=O) groups excluding carboxylic acids is 2. The van der Waals surface area contributed by atoms with Crippen molar-refractivity contribution < 1.29 is 14.2 Å². The fourth-order valence-corrected chi connectivity index (χ4v) is 1.25. The molecule has 0 aliphatic heterocycles. The Balaban J connectivity index is 3.01. The molecule has 14 heavy (non-hydrogen) atoms. The van der Waals surface area contributed by atoms with Crippen LogP contribution in [-0.4, -0.2) is 19.8 Å². The third-order valence-corrected chi connectivity index (χ3v) is 1.89. The molecule has 3 nitrogen and oxygen atoms in total. The van der Waals surface area contributed by atoms with E-state index in [9.17, 15) is 9.59 Å². The molecule has 70 valence electrons. The van der Waals surface area contributed by atoms with Crippen molar-refractivity contribution in [3.63, 3.8) is 0 Å². The molecule has 1 rings (SSSR count). The van der Waals surface area contributed by atoms with Gasteiger partial charge in [-0.15, -0.1) is 0 Å². The van der Waals surface area contributed by atoms with Crippen LogP contribution in [0.25, 0.3) is 0 Å². The molecule has 0 amide bonds. The Morgan fingerprint density at radius 3 is 2.29 bits per heavy atom. The van der Waals surface area contributed by atoms with Gasteiger partial charge in [-0.1, -0.05) is 30.3 Å². The first kappa shape index (κ1) is 10.5. The molecule has 0 heterocycles. The van der Waals surface area contributed by atoms with E-state index in [1.54, 1.807) is 30.3 Å². The van der Waals surface area contributed by atoms with Gasteiger partial charge in [-0.05, 0) is 12.5 Å². The largest absolute Gasteiger partial charge is 0.543 e. The van der Waals surface area contributed by atoms with E-state index >= 15 is 0 Å². The third kappa shape index (κ3) is 2.22. The summed E-state index contributed by atoms with van der Waals surface area (Å²) in [5.41, 5.74) is 0.593. The Labute approximate surface area is 83.5 Å². The average Bonchev–Trinajstić information content (AvgIpc) is 2.19. The molecular weight excluding hydrogens is 179 g/mol. The van der Waals surface area contributed by atoms with E-state index in [0.29, 0.717) is 5.56 Å². The highest BCUT2D eigenvalue weighted by Crippen LogP contribution is 2.17. The second-order valence-electron chi connectivity index (χ2n) is 2.89. The normalized spacial score (nSPS) is 11.8. The molecule has 0 aromatic heterocycles. The van der Waals surface area contributed by atoms with E-state index in [0.717, 1.165) is 0 Å². The highest BCUT2D eigenvalue weighted by molar-refractivity contribution is 6.12. The Morgan fingerprint density at radius 2 is 1.86 bits per heavy atom. The minimum Gasteiger partial charge on any atom is -0.543 e. The van der Waals surface area contributed by atoms with Crippen LogP contribution in [0, 0.1) is 0 Å². The zero-order chi connectivity index (χ0) is 10.6. The molecule has 1 atom stereocenters. The molecule has 0 bridgehead atoms. The van der Waals surface area contributed by atoms with Crippen molar-refractivity contribution in [3.05, 3.63) is 35.9 Å². The Morgan fingerprint density at radius 1 is 1.29 bits per heavy atom. The zero-order valence-corrected chi connectivity index (χ0v) is 7.77. The van der Waals surface area contributed by atoms with E-state index in [1.807, 2.05) is 0 Å². The summed E-state index contributed by atoms with van der Waals surface area (Å²) in [5.74, 6) is -1.93. The number of hydrogen-bond acceptors (Lipinski definition) is 3. The standard InChI is InChI=1S/C10H9BO3/c1-7(12)9(10(13)14-11)8-5-3-2-4-6-8/h2-6,9H,1H3. The van der Waals surface area contributed by atoms with Gasteiger partial charge < -0.3 is 4.65 Å². The van der Waals surface area contributed by atoms with Crippen molar-refractivity contribution in [2.45, 2.75) is 12.8 Å². The van der Waals surface area contributed by atoms with Gasteiger partial charge in [0.2, 0.25) is 0 Å². The maximum atomic E-state index is 11.2. The van der Waals surface area contributed by atoms with Crippen molar-refractivity contribution >= 4 is 19.8 Å². The van der Waals surface area contributed by atoms with Crippen LogP contribution in [0.2, 0.25) is 0 Å². The molecule has 1 aromatic rings. The van der Waals surface area contributed by atoms with Crippen molar-refractivity contribution in [1.29, 1.82) is 0 Å². The molecule has 0 spiro atoms. The number of Topliss-reactive ketones (excluding diaryl/α,β-unsaturated/α-hetero) is 1. The highest BCUT2D eigenvalue weighted by atomic mass is 16.5. The van der Waals surface area contributed by atoms with Gasteiger partial charge >= 0.3 is 14.0 Å². The van der Waals surface area contributed by atoms with Crippen LogP contribution in [0.5, 0.6) is 0 Å². The smallest absolute Gasteiger partial charge is 0.378 e. The van der Waals surface area contributed by atoms with Crippen LogP contribution in [0.4, 0.5) is 0 Å². The van der Waals surface area contributed by atoms with Crippen LogP contribution in [-0.2, 0) is 14.2 Å². The van der Waals surface area contributed by atoms with Crippen LogP contribution in [0.3, 0.4) is 0 Å². The topological polar surface area (TPSA) is 43.4 Å². The molecule has 2 radical (unpaired) electrons. The molecule has 0 aliphatic rings. The molecule has 0 saturated carbocycles. The molecule has 0 N–H and O–H groups in total. The first-order valence-electron chi connectivity index (χ1n) is 4.12. The molecule has 0 fully saturated rings. The lowest BCUT2D eigenvalue weighted by Gasteiger charge is -2.11. The summed E-state index contributed by atoms with van der Waals surface area (Å²) < 4.78 is 4.07. The van der Waals surface area contributed by atoms with Gasteiger partial charge in [0.25, 0.3) is 0 Å². The molecule has 0 saturated heterocycles. The molecule has 0 aliphatic carbocycles. The lowest BCUT2D eigenvalue weighted by atomic mass is 9.95. The Hall–Kier alpha value is -1.58. The Kier molecular flexibility index (Phi) is 3.45. The molecular formula is C10H9BO3. The van der Waals surface area contributed by atoms with E-state index in [2.05, 4.69) is 4.65 Å². The number of carbonyl (C=O) groups is 2. The van der Waals surface area contributed by atoms with Crippen LogP contribution in [0.15, 0.2) is 30.3 Å². The van der Waals surface area contributed by atoms with Crippen molar-refractivity contribution in [1.82, 2.24) is 0 Å². The monoisotopic (exact) mass is 188 g/mol. The minimum absolute atomic E-state index is 0.286. The predicted octanol–water partition coefficient (Wildman–Crippen LogP) is 0.986. The number of rotatable bonds is 3. The van der Waals surface area contributed by atoms with Gasteiger partial charge in [-0.2, -0.15) is 0 Å². The summed E-state index contributed by atoms with van der Waals surface area (Å²) in [7, 11) is 4.75. The second-order valence-corrected chi connectivity index (χ2v) is 2.89. The Bertz CT molecular complexity index is 334. The average molecular weight is 188 g/mol. The second kappa shape index (κ2) is 4.60. The summed E-state index contributed by atoms with van der Waals surface area (Å²) in [4.78, 5) is 22.4. The number of benzene rings is 1. The minimum atomic E-state index is -0.916. The highest BCUT2D eigenvalue weighted by Gasteiger charge is 2.25. The van der Waals surface area contributed by atoms with Gasteiger partial charge in [0, 0.05) is 0 Å². The van der Waals surface area contributed by atoms with E-state index in [-0.39, 0.29) is 5.78 Å². The number of ketones is 1. The van der Waals surface area contributed by atoms with Crippen molar-refractivity contribution in [3.8, 4) is 0 Å². The van der Waals surface area contributed by atoms with Crippen molar-refractivity contribution in [2.75, 3.05) is 0 Å². The zero-order valence-electron chi connectivity index (χ0n) is 7.77. The first-order valence-corrected chi connectivity index (χ1v) is 4.12. The summed E-state index contributed by atoms with van der Waals surface area (Å²) >= 11 is 0. The van der Waals surface area contributed by atoms with E-state index in [1.165, 1.54) is 6.92 Å². The quantitative estimate of drug-likeness (QED) is 0.524. The molecule has 1 unspecified atom stereocenters. The molecule has 4 heteroatoms. The lowest BCUT2D eigenvalue weighted by molar-refractivity contribution is -0.139. The lowest BCUT2D eigenvalue weighted by Crippen LogP contribution is -2.21. The van der Waals surface area contributed by atoms with Crippen LogP contribution < -0.4 is 0 Å². The molecule has 1 aromatic carbocycles. The van der Waals surface area contributed by atoms with Gasteiger partial charge in [0.05, 0.1) is 0 Å². The summed E-state index contributed by atoms with van der Waals surface area (Å²) in [5, 5.41) is 0. The third-order valence-electron chi connectivity index (χ3n) is 1.89. The van der Waals surface area contributed by atoms with Gasteiger partial charge in [-0.25, -0.2) is 0 Å². The summed E-state index contributed by atoms with van der Waals surface area (Å²) in [6.45, 7) is 1.33. The first-order chi connectivity index (χ1) is 6.66. The van der Waals surface area contributed by atoms with E-state index in [4.69, 9.17) is 8.05 Å². The van der Waals surface area contributed by atoms with Gasteiger partial charge in [0.1, 0.15) is 11.7 Å². The van der Waals surface area contributed by atoms with Crippen molar-refractivity contribution in [2.24, 2.45) is 0 Å². The SMILES string of the molecule is [B]OC(=O)C(C(C)=O)c1ccccc1. The van der Waals surface area contributed by atoms with Gasteiger partial charge in [-0.3, -0.25) is 9.59 Å². The van der Waals surface area contributed by atoms with E-state index < -0.39 is 11.9 Å².